The van der Waals surface area contributed by atoms with Crippen LogP contribution in [0.4, 0.5) is 0 Å². The van der Waals surface area contributed by atoms with E-state index in [1.807, 2.05) is 0 Å². The third-order valence-electron chi connectivity index (χ3n) is 3.84. The van der Waals surface area contributed by atoms with Gasteiger partial charge in [0.15, 0.2) is 0 Å². The summed E-state index contributed by atoms with van der Waals surface area (Å²) in [6.07, 6.45) is 7.02. The van der Waals surface area contributed by atoms with Gasteiger partial charge < -0.3 is 5.32 Å². The molecule has 3 nitrogen and oxygen atoms in total. The Morgan fingerprint density at radius 1 is 1.25 bits per heavy atom. The first-order valence-electron chi connectivity index (χ1n) is 8.15. The van der Waals surface area contributed by atoms with Gasteiger partial charge in [-0.1, -0.05) is 20.8 Å². The van der Waals surface area contributed by atoms with E-state index in [1.165, 1.54) is 41.5 Å². The Kier molecular flexibility index (Phi) is 8.46. The fourth-order valence-corrected chi connectivity index (χ4v) is 3.33. The molecular formula is C16H30BrN3. The number of aryl methyl sites for hydroxylation is 2. The molecule has 0 spiro atoms. The molecule has 0 bridgehead atoms. The molecule has 0 radical (unpaired) electrons. The predicted octanol–water partition coefficient (Wildman–Crippen LogP) is 4.33. The van der Waals surface area contributed by atoms with Gasteiger partial charge in [0.2, 0.25) is 0 Å². The van der Waals surface area contributed by atoms with Crippen molar-refractivity contribution in [3.8, 4) is 0 Å². The molecule has 0 saturated heterocycles. The Morgan fingerprint density at radius 2 is 2.00 bits per heavy atom. The minimum Gasteiger partial charge on any atom is -0.314 e. The zero-order chi connectivity index (χ0) is 15.0. The van der Waals surface area contributed by atoms with E-state index in [1.54, 1.807) is 0 Å². The lowest BCUT2D eigenvalue weighted by Gasteiger charge is -2.16. The average Bonchev–Trinajstić information content (AvgIpc) is 2.78. The van der Waals surface area contributed by atoms with Crippen LogP contribution in [0, 0.1) is 0 Å². The molecular weight excluding hydrogens is 314 g/mol. The second-order valence-corrected chi connectivity index (χ2v) is 6.12. The van der Waals surface area contributed by atoms with Gasteiger partial charge in [-0.15, -0.1) is 0 Å². The molecule has 1 unspecified atom stereocenters. The summed E-state index contributed by atoms with van der Waals surface area (Å²) in [5, 5.41) is 8.30. The van der Waals surface area contributed by atoms with Crippen LogP contribution >= 0.6 is 15.9 Å². The SMILES string of the molecule is CCCNC(CC)CCCc1c(Br)c(CC)nn1CC. The number of halogens is 1. The van der Waals surface area contributed by atoms with Gasteiger partial charge in [-0.05, 0) is 67.9 Å². The monoisotopic (exact) mass is 343 g/mol. The summed E-state index contributed by atoms with van der Waals surface area (Å²) in [4.78, 5) is 0. The second kappa shape index (κ2) is 9.56. The van der Waals surface area contributed by atoms with Gasteiger partial charge in [0, 0.05) is 12.6 Å². The molecule has 1 atom stereocenters. The Hall–Kier alpha value is -0.350. The molecule has 4 heteroatoms. The smallest absolute Gasteiger partial charge is 0.0766 e. The number of hydrogen-bond donors (Lipinski definition) is 1. The lowest BCUT2D eigenvalue weighted by atomic mass is 10.1. The number of aromatic nitrogens is 2. The van der Waals surface area contributed by atoms with Crippen molar-refractivity contribution in [3.05, 3.63) is 15.9 Å². The van der Waals surface area contributed by atoms with Crippen LogP contribution in [0.5, 0.6) is 0 Å². The van der Waals surface area contributed by atoms with Gasteiger partial charge in [0.25, 0.3) is 0 Å². The largest absolute Gasteiger partial charge is 0.314 e. The van der Waals surface area contributed by atoms with E-state index in [0.717, 1.165) is 25.9 Å². The molecule has 0 aromatic carbocycles. The van der Waals surface area contributed by atoms with Crippen LogP contribution in [-0.4, -0.2) is 22.4 Å². The molecule has 0 amide bonds. The molecule has 0 fully saturated rings. The van der Waals surface area contributed by atoms with E-state index in [4.69, 9.17) is 0 Å². The van der Waals surface area contributed by atoms with E-state index >= 15 is 0 Å². The summed E-state index contributed by atoms with van der Waals surface area (Å²) in [7, 11) is 0. The highest BCUT2D eigenvalue weighted by Crippen LogP contribution is 2.24. The third kappa shape index (κ3) is 4.88. The molecule has 1 aromatic rings. The lowest BCUT2D eigenvalue weighted by molar-refractivity contribution is 0.451. The molecule has 1 aromatic heterocycles. The Bertz CT molecular complexity index is 387. The van der Waals surface area contributed by atoms with Crippen LogP contribution in [0.15, 0.2) is 4.47 Å². The van der Waals surface area contributed by atoms with E-state index in [-0.39, 0.29) is 0 Å². The lowest BCUT2D eigenvalue weighted by Crippen LogP contribution is -2.29. The van der Waals surface area contributed by atoms with Crippen molar-refractivity contribution in [1.29, 1.82) is 0 Å². The number of hydrogen-bond acceptors (Lipinski definition) is 2. The highest BCUT2D eigenvalue weighted by molar-refractivity contribution is 9.10. The van der Waals surface area contributed by atoms with Crippen LogP contribution in [0.2, 0.25) is 0 Å². The van der Waals surface area contributed by atoms with E-state index in [2.05, 4.69) is 58.7 Å². The minimum absolute atomic E-state index is 0.664. The van der Waals surface area contributed by atoms with Crippen molar-refractivity contribution in [2.24, 2.45) is 0 Å². The summed E-state index contributed by atoms with van der Waals surface area (Å²) in [5.41, 5.74) is 2.56. The Labute approximate surface area is 132 Å². The number of nitrogens with one attached hydrogen (secondary N) is 1. The van der Waals surface area contributed by atoms with Crippen molar-refractivity contribution in [1.82, 2.24) is 15.1 Å². The summed E-state index contributed by atoms with van der Waals surface area (Å²) in [6, 6.07) is 0.664. The van der Waals surface area contributed by atoms with Gasteiger partial charge in [0.05, 0.1) is 15.9 Å². The zero-order valence-electron chi connectivity index (χ0n) is 13.5. The van der Waals surface area contributed by atoms with Crippen molar-refractivity contribution in [3.63, 3.8) is 0 Å². The van der Waals surface area contributed by atoms with Gasteiger partial charge in [-0.25, -0.2) is 0 Å². The van der Waals surface area contributed by atoms with Crippen molar-refractivity contribution in [2.45, 2.75) is 78.8 Å². The average molecular weight is 344 g/mol. The second-order valence-electron chi connectivity index (χ2n) is 5.33. The number of rotatable bonds is 10. The van der Waals surface area contributed by atoms with Crippen molar-refractivity contribution >= 4 is 15.9 Å². The molecule has 0 aliphatic carbocycles. The molecule has 116 valence electrons. The molecule has 1 heterocycles. The molecule has 1 rings (SSSR count). The summed E-state index contributed by atoms with van der Waals surface area (Å²) < 4.78 is 3.39. The van der Waals surface area contributed by atoms with Gasteiger partial charge >= 0.3 is 0 Å². The maximum Gasteiger partial charge on any atom is 0.0766 e. The Morgan fingerprint density at radius 3 is 2.55 bits per heavy atom. The normalized spacial score (nSPS) is 12.8. The quantitative estimate of drug-likeness (QED) is 0.685. The first-order valence-corrected chi connectivity index (χ1v) is 8.94. The van der Waals surface area contributed by atoms with E-state index in [0.29, 0.717) is 6.04 Å². The first kappa shape index (κ1) is 17.7. The standard InChI is InChI=1S/C16H30BrN3/c1-5-12-18-13(6-2)10-9-11-15-16(17)14(7-3)19-20(15)8-4/h13,18H,5-12H2,1-4H3. The van der Waals surface area contributed by atoms with Crippen LogP contribution < -0.4 is 5.32 Å². The van der Waals surface area contributed by atoms with Crippen LogP contribution in [0.25, 0.3) is 0 Å². The summed E-state index contributed by atoms with van der Waals surface area (Å²) in [6.45, 7) is 10.9. The number of nitrogens with zero attached hydrogens (tertiary/aromatic N) is 2. The van der Waals surface area contributed by atoms with Crippen molar-refractivity contribution in [2.75, 3.05) is 6.54 Å². The predicted molar refractivity (Wildman–Crippen MR) is 90.3 cm³/mol. The van der Waals surface area contributed by atoms with Crippen LogP contribution in [-0.2, 0) is 19.4 Å². The van der Waals surface area contributed by atoms with E-state index in [9.17, 15) is 0 Å². The first-order chi connectivity index (χ1) is 9.67. The highest BCUT2D eigenvalue weighted by Gasteiger charge is 2.14. The van der Waals surface area contributed by atoms with E-state index < -0.39 is 0 Å². The fraction of sp³-hybridized carbons (Fsp3) is 0.812. The maximum atomic E-state index is 4.67. The van der Waals surface area contributed by atoms with Gasteiger partial charge in [-0.3, -0.25) is 4.68 Å². The molecule has 20 heavy (non-hydrogen) atoms. The van der Waals surface area contributed by atoms with Crippen LogP contribution in [0.1, 0.15) is 64.8 Å². The third-order valence-corrected chi connectivity index (χ3v) is 4.75. The topological polar surface area (TPSA) is 29.9 Å². The molecule has 0 aliphatic rings. The van der Waals surface area contributed by atoms with Crippen LogP contribution in [0.3, 0.4) is 0 Å². The molecule has 0 saturated carbocycles. The molecule has 1 N–H and O–H groups in total. The highest BCUT2D eigenvalue weighted by atomic mass is 79.9. The van der Waals surface area contributed by atoms with Gasteiger partial charge in [0.1, 0.15) is 0 Å². The zero-order valence-corrected chi connectivity index (χ0v) is 15.1. The summed E-state index contributed by atoms with van der Waals surface area (Å²) >= 11 is 3.73. The maximum absolute atomic E-state index is 4.67. The molecule has 0 aliphatic heterocycles. The van der Waals surface area contributed by atoms with Gasteiger partial charge in [-0.2, -0.15) is 5.10 Å². The summed E-state index contributed by atoms with van der Waals surface area (Å²) in [5.74, 6) is 0. The Balaban J connectivity index is 2.54. The van der Waals surface area contributed by atoms with Crippen molar-refractivity contribution < 1.29 is 0 Å². The fourth-order valence-electron chi connectivity index (χ4n) is 2.57. The minimum atomic E-state index is 0.664.